The molecule has 0 bridgehead atoms. The lowest BCUT2D eigenvalue weighted by atomic mass is 10.0. The largest absolute Gasteiger partial charge is 0.472 e. The summed E-state index contributed by atoms with van der Waals surface area (Å²) in [6.07, 6.45) is 38.9. The molecule has 0 saturated heterocycles. The third-order valence-electron chi connectivity index (χ3n) is 9.03. The van der Waals surface area contributed by atoms with Crippen LogP contribution in [0.2, 0.25) is 0 Å². The van der Waals surface area contributed by atoms with Crippen LogP contribution in [0.3, 0.4) is 0 Å². The van der Waals surface area contributed by atoms with Crippen molar-refractivity contribution < 1.29 is 58.0 Å². The summed E-state index contributed by atoms with van der Waals surface area (Å²) in [5.41, 5.74) is 0. The maximum Gasteiger partial charge on any atom is 0.472 e. The molecular weight excluding hydrogens is 775 g/mol. The fraction of sp³-hybridized carbons (Fsp3) is 0.696. The number of phosphoric ester groups is 1. The predicted molar refractivity (Wildman–Crippen MR) is 235 cm³/mol. The van der Waals surface area contributed by atoms with Gasteiger partial charge < -0.3 is 34.8 Å². The van der Waals surface area contributed by atoms with Crippen molar-refractivity contribution in [3.63, 3.8) is 0 Å². The number of phosphoric acid groups is 1. The van der Waals surface area contributed by atoms with Gasteiger partial charge in [0, 0.05) is 12.8 Å². The van der Waals surface area contributed by atoms with Gasteiger partial charge in [-0.3, -0.25) is 18.6 Å². The number of aliphatic hydroxyl groups excluding tert-OH is 4. The molecule has 0 radical (unpaired) electrons. The molecule has 0 fully saturated rings. The van der Waals surface area contributed by atoms with Gasteiger partial charge in [0.2, 0.25) is 0 Å². The lowest BCUT2D eigenvalue weighted by Gasteiger charge is -2.20. The number of esters is 2. The summed E-state index contributed by atoms with van der Waals surface area (Å²) in [5.74, 6) is -1.24. The van der Waals surface area contributed by atoms with E-state index in [0.717, 1.165) is 64.2 Å². The third-order valence-corrected chi connectivity index (χ3v) is 9.98. The Morgan fingerprint density at radius 2 is 1.03 bits per heavy atom. The van der Waals surface area contributed by atoms with E-state index in [0.29, 0.717) is 6.42 Å². The van der Waals surface area contributed by atoms with Crippen molar-refractivity contribution in [1.82, 2.24) is 0 Å². The Morgan fingerprint density at radius 1 is 0.559 bits per heavy atom. The van der Waals surface area contributed by atoms with Crippen molar-refractivity contribution in [3.8, 4) is 0 Å². The molecule has 0 spiro atoms. The molecule has 0 aromatic heterocycles. The second-order valence-corrected chi connectivity index (χ2v) is 16.1. The first-order chi connectivity index (χ1) is 28.5. The Labute approximate surface area is 355 Å². The first kappa shape index (κ1) is 56.3. The molecule has 3 unspecified atom stereocenters. The standard InChI is InChI=1S/C46H79O12P/c1-3-5-7-9-11-13-15-17-18-19-20-21-23-25-27-29-31-35-46(52)58-42(40-57-59(53,54)56-38-41(48)37-47)39-55-45(51)36-32-34-44(50)43(49)33-30-28-26-24-22-16-14-12-10-8-6-4-2/h11-14,17-18,20-22,24,28,30,41-44,47-50H,3-10,15-16,19,23,25-27,29,31-40H2,1-2H3,(H,53,54)/b13-11-,14-12-,18-17-,21-20-,24-22-,30-28-/t41-,42+,43?,44?/m0/s1. The van der Waals surface area contributed by atoms with Crippen molar-refractivity contribution in [2.75, 3.05) is 26.4 Å². The van der Waals surface area contributed by atoms with E-state index in [1.165, 1.54) is 38.5 Å². The average Bonchev–Trinajstić information content (AvgIpc) is 3.22. The van der Waals surface area contributed by atoms with Crippen molar-refractivity contribution >= 4 is 19.8 Å². The molecule has 5 N–H and O–H groups in total. The molecule has 0 rings (SSSR count). The Hall–Kier alpha value is -2.67. The zero-order valence-electron chi connectivity index (χ0n) is 36.2. The van der Waals surface area contributed by atoms with Crippen molar-refractivity contribution in [2.24, 2.45) is 0 Å². The Morgan fingerprint density at radius 3 is 1.58 bits per heavy atom. The number of carbonyl (C=O) groups excluding carboxylic acids is 2. The van der Waals surface area contributed by atoms with Crippen LogP contribution in [-0.2, 0) is 32.7 Å². The summed E-state index contributed by atoms with van der Waals surface area (Å²) < 4.78 is 32.5. The van der Waals surface area contributed by atoms with E-state index < -0.39 is 70.6 Å². The van der Waals surface area contributed by atoms with Gasteiger partial charge in [-0.2, -0.15) is 0 Å². The second-order valence-electron chi connectivity index (χ2n) is 14.7. The van der Waals surface area contributed by atoms with Crippen LogP contribution in [0, 0.1) is 0 Å². The van der Waals surface area contributed by atoms with E-state index in [1.54, 1.807) is 0 Å². The third kappa shape index (κ3) is 39.2. The van der Waals surface area contributed by atoms with E-state index in [4.69, 9.17) is 19.1 Å². The monoisotopic (exact) mass is 855 g/mol. The molecule has 5 atom stereocenters. The molecule has 0 aromatic carbocycles. The molecule has 0 amide bonds. The summed E-state index contributed by atoms with van der Waals surface area (Å²) in [7, 11) is -4.70. The minimum absolute atomic E-state index is 0.0810. The highest BCUT2D eigenvalue weighted by atomic mass is 31.2. The molecular formula is C46H79O12P. The van der Waals surface area contributed by atoms with Gasteiger partial charge in [0.1, 0.15) is 12.7 Å². The molecule has 340 valence electrons. The second kappa shape index (κ2) is 40.7. The molecule has 12 nitrogen and oxygen atoms in total. The number of hydrogen-bond acceptors (Lipinski definition) is 11. The van der Waals surface area contributed by atoms with E-state index in [-0.39, 0.29) is 32.1 Å². The highest BCUT2D eigenvalue weighted by molar-refractivity contribution is 7.47. The van der Waals surface area contributed by atoms with E-state index >= 15 is 0 Å². The summed E-state index contributed by atoms with van der Waals surface area (Å²) in [6.45, 7) is 1.95. The molecule has 0 heterocycles. The van der Waals surface area contributed by atoms with Crippen molar-refractivity contribution in [2.45, 2.75) is 180 Å². The minimum atomic E-state index is -4.70. The fourth-order valence-electron chi connectivity index (χ4n) is 5.45. The van der Waals surface area contributed by atoms with Gasteiger partial charge in [0.15, 0.2) is 6.10 Å². The fourth-order valence-corrected chi connectivity index (χ4v) is 6.24. The van der Waals surface area contributed by atoms with Crippen LogP contribution in [0.4, 0.5) is 0 Å². The lowest BCUT2D eigenvalue weighted by molar-refractivity contribution is -0.161. The number of aliphatic hydroxyl groups is 4. The summed E-state index contributed by atoms with van der Waals surface area (Å²) >= 11 is 0. The predicted octanol–water partition coefficient (Wildman–Crippen LogP) is 9.61. The minimum Gasteiger partial charge on any atom is -0.462 e. The SMILES string of the molecule is CCCCC/C=C\C/C=C\C/C=C\CCCCCCC(=O)O[C@H](COC(=O)CCCC(O)C(O)C/C=C\C/C=C\C/C=C\CCCCC)COP(=O)(O)OC[C@@H](O)CO. The number of rotatable bonds is 40. The topological polar surface area (TPSA) is 189 Å². The quantitative estimate of drug-likeness (QED) is 0.0170. The van der Waals surface area contributed by atoms with Gasteiger partial charge in [-0.15, -0.1) is 0 Å². The van der Waals surface area contributed by atoms with Gasteiger partial charge in [0.05, 0.1) is 32.0 Å². The van der Waals surface area contributed by atoms with E-state index in [2.05, 4.69) is 79.1 Å². The molecule has 13 heteroatoms. The molecule has 0 aliphatic rings. The Bertz CT molecular complexity index is 1240. The maximum absolute atomic E-state index is 12.6. The van der Waals surface area contributed by atoms with Crippen molar-refractivity contribution in [3.05, 3.63) is 72.9 Å². The van der Waals surface area contributed by atoms with Crippen LogP contribution < -0.4 is 0 Å². The van der Waals surface area contributed by atoms with Crippen molar-refractivity contribution in [1.29, 1.82) is 0 Å². The maximum atomic E-state index is 12.6. The number of ether oxygens (including phenoxy) is 2. The molecule has 59 heavy (non-hydrogen) atoms. The normalized spacial score (nSPS) is 15.6. The van der Waals surface area contributed by atoms with E-state index in [9.17, 15) is 34.4 Å². The Balaban J connectivity index is 4.59. The van der Waals surface area contributed by atoms with Gasteiger partial charge in [-0.05, 0) is 89.9 Å². The van der Waals surface area contributed by atoms with Crippen LogP contribution in [0.15, 0.2) is 72.9 Å². The number of hydrogen-bond donors (Lipinski definition) is 5. The average molecular weight is 855 g/mol. The van der Waals surface area contributed by atoms with Gasteiger partial charge in [0.25, 0.3) is 0 Å². The first-order valence-corrected chi connectivity index (χ1v) is 23.6. The van der Waals surface area contributed by atoms with Crippen LogP contribution in [0.5, 0.6) is 0 Å². The molecule has 0 aliphatic carbocycles. The Kier molecular flexibility index (Phi) is 38.9. The molecule has 0 aliphatic heterocycles. The summed E-state index contributed by atoms with van der Waals surface area (Å²) in [6, 6.07) is 0. The van der Waals surface area contributed by atoms with Crippen LogP contribution in [0.1, 0.15) is 155 Å². The number of allylic oxidation sites excluding steroid dienone is 11. The number of carbonyl (C=O) groups is 2. The van der Waals surface area contributed by atoms with Crippen LogP contribution >= 0.6 is 7.82 Å². The van der Waals surface area contributed by atoms with Crippen LogP contribution in [0.25, 0.3) is 0 Å². The number of unbranched alkanes of at least 4 members (excludes halogenated alkanes) is 10. The molecule has 0 aromatic rings. The van der Waals surface area contributed by atoms with Gasteiger partial charge >= 0.3 is 19.8 Å². The highest BCUT2D eigenvalue weighted by Gasteiger charge is 2.27. The first-order valence-electron chi connectivity index (χ1n) is 22.1. The van der Waals surface area contributed by atoms with Gasteiger partial charge in [-0.25, -0.2) is 4.57 Å². The van der Waals surface area contributed by atoms with E-state index in [1.807, 2.05) is 12.2 Å². The smallest absolute Gasteiger partial charge is 0.462 e. The molecule has 0 saturated carbocycles. The highest BCUT2D eigenvalue weighted by Crippen LogP contribution is 2.43. The summed E-state index contributed by atoms with van der Waals surface area (Å²) in [5, 5.41) is 39.0. The van der Waals surface area contributed by atoms with Crippen LogP contribution in [-0.4, -0.2) is 88.1 Å². The van der Waals surface area contributed by atoms with Gasteiger partial charge in [-0.1, -0.05) is 125 Å². The zero-order chi connectivity index (χ0) is 43.7. The lowest BCUT2D eigenvalue weighted by Crippen LogP contribution is -2.30. The zero-order valence-corrected chi connectivity index (χ0v) is 37.1. The summed E-state index contributed by atoms with van der Waals surface area (Å²) in [4.78, 5) is 35.1.